The van der Waals surface area contributed by atoms with Gasteiger partial charge in [0.25, 0.3) is 0 Å². The number of carbonyl (C=O) groups excluding carboxylic acids is 1. The molecule has 1 saturated heterocycles. The fraction of sp³-hybridized carbons (Fsp3) is 0.421. The molecule has 1 aromatic carbocycles. The SMILES string of the molecule is O=C(Nc1ccc(F)cc1)[C@H]1CCc2nc(N3CCOCC3)ncc2C1. The largest absolute Gasteiger partial charge is 0.378 e. The first-order valence-corrected chi connectivity index (χ1v) is 8.93. The van der Waals surface area contributed by atoms with E-state index in [0.717, 1.165) is 43.1 Å². The Kier molecular flexibility index (Phi) is 4.79. The summed E-state index contributed by atoms with van der Waals surface area (Å²) in [6.45, 7) is 3.02. The van der Waals surface area contributed by atoms with Crippen LogP contribution in [0.5, 0.6) is 0 Å². The number of amides is 1. The van der Waals surface area contributed by atoms with Crippen molar-refractivity contribution in [2.75, 3.05) is 36.5 Å². The van der Waals surface area contributed by atoms with Crippen LogP contribution in [0.1, 0.15) is 17.7 Å². The highest BCUT2D eigenvalue weighted by atomic mass is 19.1. The van der Waals surface area contributed by atoms with Crippen molar-refractivity contribution < 1.29 is 13.9 Å². The lowest BCUT2D eigenvalue weighted by molar-refractivity contribution is -0.120. The number of hydrogen-bond acceptors (Lipinski definition) is 5. The number of aryl methyl sites for hydroxylation is 1. The van der Waals surface area contributed by atoms with E-state index in [4.69, 9.17) is 9.72 Å². The molecule has 2 aromatic rings. The molecule has 0 spiro atoms. The van der Waals surface area contributed by atoms with Gasteiger partial charge in [0.2, 0.25) is 11.9 Å². The van der Waals surface area contributed by atoms with Crippen molar-refractivity contribution in [3.8, 4) is 0 Å². The summed E-state index contributed by atoms with van der Waals surface area (Å²) in [6.07, 6.45) is 3.99. The standard InChI is InChI=1S/C19H21FN4O2/c20-15-2-4-16(5-3-15)22-18(25)13-1-6-17-14(11-13)12-21-19(23-17)24-7-9-26-10-8-24/h2-5,12-13H,1,6-11H2,(H,22,25)/t13-/m0/s1. The van der Waals surface area contributed by atoms with Crippen LogP contribution >= 0.6 is 0 Å². The first kappa shape index (κ1) is 16.9. The van der Waals surface area contributed by atoms with Gasteiger partial charge in [-0.1, -0.05) is 0 Å². The summed E-state index contributed by atoms with van der Waals surface area (Å²) >= 11 is 0. The number of ether oxygens (including phenoxy) is 1. The predicted molar refractivity (Wildman–Crippen MR) is 95.6 cm³/mol. The Labute approximate surface area is 151 Å². The Morgan fingerprint density at radius 3 is 2.77 bits per heavy atom. The minimum atomic E-state index is -0.317. The summed E-state index contributed by atoms with van der Waals surface area (Å²) in [5.74, 6) is 0.272. The van der Waals surface area contributed by atoms with Crippen molar-refractivity contribution in [2.45, 2.75) is 19.3 Å². The van der Waals surface area contributed by atoms with Crippen LogP contribution in [0.25, 0.3) is 0 Å². The minimum absolute atomic E-state index is 0.0421. The van der Waals surface area contributed by atoms with Gasteiger partial charge < -0.3 is 15.0 Å². The summed E-state index contributed by atoms with van der Waals surface area (Å²) in [6, 6.07) is 5.82. The highest BCUT2D eigenvalue weighted by Crippen LogP contribution is 2.26. The molecule has 2 aliphatic rings. The van der Waals surface area contributed by atoms with Crippen molar-refractivity contribution in [1.82, 2.24) is 9.97 Å². The average Bonchev–Trinajstić information content (AvgIpc) is 2.69. The van der Waals surface area contributed by atoms with Gasteiger partial charge in [-0.2, -0.15) is 0 Å². The highest BCUT2D eigenvalue weighted by Gasteiger charge is 2.27. The number of nitrogens with one attached hydrogen (secondary N) is 1. The molecule has 1 N–H and O–H groups in total. The fourth-order valence-electron chi connectivity index (χ4n) is 3.41. The summed E-state index contributed by atoms with van der Waals surface area (Å²) in [4.78, 5) is 23.8. The van der Waals surface area contributed by atoms with Crippen LogP contribution in [-0.4, -0.2) is 42.2 Å². The Hall–Kier alpha value is -2.54. The molecule has 26 heavy (non-hydrogen) atoms. The van der Waals surface area contributed by atoms with Crippen LogP contribution in [0.2, 0.25) is 0 Å². The number of hydrogen-bond donors (Lipinski definition) is 1. The molecule has 1 aliphatic carbocycles. The smallest absolute Gasteiger partial charge is 0.227 e. The normalized spacial score (nSPS) is 19.7. The zero-order valence-electron chi connectivity index (χ0n) is 14.4. The maximum atomic E-state index is 13.0. The molecule has 1 aliphatic heterocycles. The van der Waals surface area contributed by atoms with E-state index in [2.05, 4.69) is 15.2 Å². The number of halogens is 1. The van der Waals surface area contributed by atoms with Crippen molar-refractivity contribution >= 4 is 17.5 Å². The van der Waals surface area contributed by atoms with E-state index in [-0.39, 0.29) is 17.6 Å². The number of aromatic nitrogens is 2. The number of nitrogens with zero attached hydrogens (tertiary/aromatic N) is 3. The molecule has 0 unspecified atom stereocenters. The lowest BCUT2D eigenvalue weighted by atomic mass is 9.86. The van der Waals surface area contributed by atoms with Crippen LogP contribution in [-0.2, 0) is 22.4 Å². The molecular formula is C19H21FN4O2. The Morgan fingerprint density at radius 2 is 2.00 bits per heavy atom. The highest BCUT2D eigenvalue weighted by molar-refractivity contribution is 5.92. The second-order valence-electron chi connectivity index (χ2n) is 6.68. The monoisotopic (exact) mass is 356 g/mol. The van der Waals surface area contributed by atoms with Gasteiger partial charge in [0.1, 0.15) is 5.82 Å². The van der Waals surface area contributed by atoms with Gasteiger partial charge in [0.15, 0.2) is 0 Å². The van der Waals surface area contributed by atoms with Crippen LogP contribution in [0.15, 0.2) is 30.5 Å². The van der Waals surface area contributed by atoms with E-state index < -0.39 is 0 Å². The molecule has 2 heterocycles. The van der Waals surface area contributed by atoms with Gasteiger partial charge in [-0.15, -0.1) is 0 Å². The van der Waals surface area contributed by atoms with Gasteiger partial charge in [-0.25, -0.2) is 14.4 Å². The predicted octanol–water partition coefficient (Wildman–Crippen LogP) is 2.20. The van der Waals surface area contributed by atoms with E-state index in [9.17, 15) is 9.18 Å². The summed E-state index contributed by atoms with van der Waals surface area (Å²) in [7, 11) is 0. The van der Waals surface area contributed by atoms with Crippen LogP contribution in [0.3, 0.4) is 0 Å². The molecule has 0 bridgehead atoms. The first-order chi connectivity index (χ1) is 12.7. The molecular weight excluding hydrogens is 335 g/mol. The van der Waals surface area contributed by atoms with Crippen LogP contribution < -0.4 is 10.2 Å². The van der Waals surface area contributed by atoms with Gasteiger partial charge in [0.05, 0.1) is 13.2 Å². The summed E-state index contributed by atoms with van der Waals surface area (Å²) in [5, 5.41) is 2.86. The molecule has 4 rings (SSSR count). The number of fused-ring (bicyclic) bond motifs is 1. The van der Waals surface area contributed by atoms with E-state index >= 15 is 0 Å². The summed E-state index contributed by atoms with van der Waals surface area (Å²) in [5.41, 5.74) is 2.68. The van der Waals surface area contributed by atoms with Crippen LogP contribution in [0.4, 0.5) is 16.0 Å². The third-order valence-corrected chi connectivity index (χ3v) is 4.91. The number of morpholine rings is 1. The van der Waals surface area contributed by atoms with E-state index in [1.54, 1.807) is 12.1 Å². The second-order valence-corrected chi connectivity index (χ2v) is 6.68. The zero-order chi connectivity index (χ0) is 17.9. The molecule has 136 valence electrons. The topological polar surface area (TPSA) is 67.4 Å². The molecule has 1 fully saturated rings. The van der Waals surface area contributed by atoms with E-state index in [1.165, 1.54) is 12.1 Å². The Morgan fingerprint density at radius 1 is 1.23 bits per heavy atom. The van der Waals surface area contributed by atoms with Crippen molar-refractivity contribution in [2.24, 2.45) is 5.92 Å². The number of benzene rings is 1. The fourth-order valence-corrected chi connectivity index (χ4v) is 3.41. The van der Waals surface area contributed by atoms with Crippen LogP contribution in [0, 0.1) is 11.7 Å². The third-order valence-electron chi connectivity index (χ3n) is 4.91. The van der Waals surface area contributed by atoms with E-state index in [1.807, 2.05) is 6.20 Å². The third kappa shape index (κ3) is 3.67. The minimum Gasteiger partial charge on any atom is -0.378 e. The Balaban J connectivity index is 1.42. The number of carbonyl (C=O) groups is 1. The maximum absolute atomic E-state index is 13.0. The van der Waals surface area contributed by atoms with Gasteiger partial charge in [-0.05, 0) is 49.1 Å². The van der Waals surface area contributed by atoms with Crippen molar-refractivity contribution in [1.29, 1.82) is 0 Å². The number of anilines is 2. The van der Waals surface area contributed by atoms with Gasteiger partial charge >= 0.3 is 0 Å². The van der Waals surface area contributed by atoms with E-state index in [0.29, 0.717) is 25.3 Å². The Bertz CT molecular complexity index is 791. The summed E-state index contributed by atoms with van der Waals surface area (Å²) < 4.78 is 18.3. The number of rotatable bonds is 3. The lowest BCUT2D eigenvalue weighted by Gasteiger charge is -2.28. The van der Waals surface area contributed by atoms with Gasteiger partial charge in [-0.3, -0.25) is 4.79 Å². The van der Waals surface area contributed by atoms with Crippen molar-refractivity contribution in [3.63, 3.8) is 0 Å². The molecule has 6 nitrogen and oxygen atoms in total. The molecule has 0 saturated carbocycles. The van der Waals surface area contributed by atoms with Gasteiger partial charge in [0, 0.05) is 36.6 Å². The molecule has 1 aromatic heterocycles. The average molecular weight is 356 g/mol. The van der Waals surface area contributed by atoms with Crippen molar-refractivity contribution in [3.05, 3.63) is 47.5 Å². The quantitative estimate of drug-likeness (QED) is 0.913. The zero-order valence-corrected chi connectivity index (χ0v) is 14.4. The lowest BCUT2D eigenvalue weighted by Crippen LogP contribution is -2.38. The first-order valence-electron chi connectivity index (χ1n) is 8.93. The molecule has 7 heteroatoms. The molecule has 0 radical (unpaired) electrons. The second kappa shape index (κ2) is 7.37. The molecule has 1 amide bonds. The molecule has 1 atom stereocenters. The maximum Gasteiger partial charge on any atom is 0.227 e.